The molecule has 3 rings (SSSR count). The van der Waals surface area contributed by atoms with E-state index in [4.69, 9.17) is 9.47 Å². The first-order valence-electron chi connectivity index (χ1n) is 7.36. The molecule has 1 aliphatic rings. The SMILES string of the molecule is COc1ccc(OCC(=O)N[C@@H](c2cccs2)C2CC2)cc1. The molecular weight excluding hydrogens is 298 g/mol. The third kappa shape index (κ3) is 3.80. The maximum absolute atomic E-state index is 12.1. The van der Waals surface area contributed by atoms with Gasteiger partial charge in [0, 0.05) is 4.88 Å². The van der Waals surface area contributed by atoms with Gasteiger partial charge in [0.25, 0.3) is 5.91 Å². The van der Waals surface area contributed by atoms with E-state index in [0.29, 0.717) is 11.7 Å². The first-order chi connectivity index (χ1) is 10.8. The summed E-state index contributed by atoms with van der Waals surface area (Å²) >= 11 is 1.69. The zero-order chi connectivity index (χ0) is 15.4. The van der Waals surface area contributed by atoms with Crippen molar-refractivity contribution >= 4 is 17.2 Å². The van der Waals surface area contributed by atoms with Crippen LogP contribution in [-0.2, 0) is 4.79 Å². The Balaban J connectivity index is 1.52. The van der Waals surface area contributed by atoms with E-state index in [9.17, 15) is 4.79 Å². The fraction of sp³-hybridized carbons (Fsp3) is 0.353. The number of nitrogens with one attached hydrogen (secondary N) is 1. The van der Waals surface area contributed by atoms with Crippen molar-refractivity contribution in [2.24, 2.45) is 5.92 Å². The summed E-state index contributed by atoms with van der Waals surface area (Å²) in [6.07, 6.45) is 2.37. The molecule has 1 amide bonds. The van der Waals surface area contributed by atoms with Crippen LogP contribution in [0.1, 0.15) is 23.8 Å². The molecule has 0 spiro atoms. The lowest BCUT2D eigenvalue weighted by Crippen LogP contribution is -2.33. The van der Waals surface area contributed by atoms with Crippen LogP contribution < -0.4 is 14.8 Å². The lowest BCUT2D eigenvalue weighted by atomic mass is 10.1. The monoisotopic (exact) mass is 317 g/mol. The lowest BCUT2D eigenvalue weighted by Gasteiger charge is -2.17. The van der Waals surface area contributed by atoms with Gasteiger partial charge in [-0.1, -0.05) is 6.07 Å². The van der Waals surface area contributed by atoms with Gasteiger partial charge in [0.05, 0.1) is 13.2 Å². The molecule has 0 bridgehead atoms. The van der Waals surface area contributed by atoms with Crippen LogP contribution in [0.15, 0.2) is 41.8 Å². The molecule has 1 heterocycles. The fourth-order valence-electron chi connectivity index (χ4n) is 2.36. The normalized spacial score (nSPS) is 15.1. The van der Waals surface area contributed by atoms with Crippen molar-refractivity contribution < 1.29 is 14.3 Å². The summed E-state index contributed by atoms with van der Waals surface area (Å²) in [6.45, 7) is 0.0287. The highest BCUT2D eigenvalue weighted by Crippen LogP contribution is 2.42. The van der Waals surface area contributed by atoms with Crippen LogP contribution in [0.2, 0.25) is 0 Å². The molecule has 1 saturated carbocycles. The maximum Gasteiger partial charge on any atom is 0.258 e. The Morgan fingerprint density at radius 2 is 2.00 bits per heavy atom. The topological polar surface area (TPSA) is 47.6 Å². The van der Waals surface area contributed by atoms with Crippen molar-refractivity contribution in [3.8, 4) is 11.5 Å². The minimum absolute atomic E-state index is 0.0287. The van der Waals surface area contributed by atoms with Crippen LogP contribution in [0.5, 0.6) is 11.5 Å². The molecule has 0 saturated heterocycles. The first kappa shape index (κ1) is 14.9. The van der Waals surface area contributed by atoms with E-state index >= 15 is 0 Å². The Kier molecular flexibility index (Phi) is 4.63. The van der Waals surface area contributed by atoms with Crippen LogP contribution in [-0.4, -0.2) is 19.6 Å². The van der Waals surface area contributed by atoms with E-state index in [1.807, 2.05) is 23.6 Å². The van der Waals surface area contributed by atoms with Gasteiger partial charge in [0.2, 0.25) is 0 Å². The second kappa shape index (κ2) is 6.83. The zero-order valence-electron chi connectivity index (χ0n) is 12.5. The third-order valence-electron chi connectivity index (χ3n) is 3.69. The van der Waals surface area contributed by atoms with E-state index in [1.165, 1.54) is 17.7 Å². The Morgan fingerprint density at radius 3 is 2.59 bits per heavy atom. The van der Waals surface area contributed by atoms with Crippen molar-refractivity contribution in [2.45, 2.75) is 18.9 Å². The van der Waals surface area contributed by atoms with Crippen LogP contribution in [0.3, 0.4) is 0 Å². The van der Waals surface area contributed by atoms with Gasteiger partial charge >= 0.3 is 0 Å². The van der Waals surface area contributed by atoms with E-state index in [-0.39, 0.29) is 18.6 Å². The highest BCUT2D eigenvalue weighted by atomic mass is 32.1. The summed E-state index contributed by atoms with van der Waals surface area (Å²) in [5.41, 5.74) is 0. The molecule has 1 atom stereocenters. The second-order valence-corrected chi connectivity index (χ2v) is 6.34. The molecule has 4 nitrogen and oxygen atoms in total. The van der Waals surface area contributed by atoms with E-state index < -0.39 is 0 Å². The number of ether oxygens (including phenoxy) is 2. The summed E-state index contributed by atoms with van der Waals surface area (Å²) in [6, 6.07) is 11.4. The van der Waals surface area contributed by atoms with Crippen molar-refractivity contribution in [2.75, 3.05) is 13.7 Å². The quantitative estimate of drug-likeness (QED) is 0.851. The first-order valence-corrected chi connectivity index (χ1v) is 8.24. The van der Waals surface area contributed by atoms with Crippen molar-refractivity contribution in [3.63, 3.8) is 0 Å². The number of hydrogen-bond acceptors (Lipinski definition) is 4. The van der Waals surface area contributed by atoms with Crippen molar-refractivity contribution in [3.05, 3.63) is 46.7 Å². The molecule has 1 N–H and O–H groups in total. The number of carbonyl (C=O) groups is 1. The maximum atomic E-state index is 12.1. The van der Waals surface area contributed by atoms with Gasteiger partial charge in [0.15, 0.2) is 6.61 Å². The summed E-state index contributed by atoms with van der Waals surface area (Å²) in [5.74, 6) is 1.92. The summed E-state index contributed by atoms with van der Waals surface area (Å²) in [4.78, 5) is 13.3. The molecule has 2 aromatic rings. The van der Waals surface area contributed by atoms with Crippen LogP contribution >= 0.6 is 11.3 Å². The molecule has 0 radical (unpaired) electrons. The molecule has 1 aliphatic carbocycles. The van der Waals surface area contributed by atoms with E-state index in [2.05, 4.69) is 11.4 Å². The summed E-state index contributed by atoms with van der Waals surface area (Å²) in [5, 5.41) is 5.14. The van der Waals surface area contributed by atoms with E-state index in [1.54, 1.807) is 30.6 Å². The number of benzene rings is 1. The second-order valence-electron chi connectivity index (χ2n) is 5.36. The molecular formula is C17H19NO3S. The van der Waals surface area contributed by atoms with Crippen molar-refractivity contribution in [1.29, 1.82) is 0 Å². The van der Waals surface area contributed by atoms with Gasteiger partial charge in [0.1, 0.15) is 11.5 Å². The van der Waals surface area contributed by atoms with Gasteiger partial charge in [-0.2, -0.15) is 0 Å². The highest BCUT2D eigenvalue weighted by molar-refractivity contribution is 7.10. The minimum Gasteiger partial charge on any atom is -0.497 e. The Bertz CT molecular complexity index is 605. The Labute approximate surface area is 134 Å². The Hall–Kier alpha value is -2.01. The summed E-state index contributed by atoms with van der Waals surface area (Å²) < 4.78 is 10.6. The number of rotatable bonds is 7. The molecule has 1 aromatic carbocycles. The molecule has 0 unspecified atom stereocenters. The lowest BCUT2D eigenvalue weighted by molar-refractivity contribution is -0.124. The molecule has 116 valence electrons. The smallest absolute Gasteiger partial charge is 0.258 e. The number of carbonyl (C=O) groups excluding carboxylic acids is 1. The van der Waals surface area contributed by atoms with Gasteiger partial charge in [-0.15, -0.1) is 11.3 Å². The molecule has 22 heavy (non-hydrogen) atoms. The van der Waals surface area contributed by atoms with E-state index in [0.717, 1.165) is 5.75 Å². The molecule has 1 aromatic heterocycles. The van der Waals surface area contributed by atoms with Crippen LogP contribution in [0.25, 0.3) is 0 Å². The zero-order valence-corrected chi connectivity index (χ0v) is 13.3. The average Bonchev–Trinajstić information content (AvgIpc) is 3.25. The predicted molar refractivity (Wildman–Crippen MR) is 86.4 cm³/mol. The number of hydrogen-bond donors (Lipinski definition) is 1. The predicted octanol–water partition coefficient (Wildman–Crippen LogP) is 3.40. The molecule has 5 heteroatoms. The standard InChI is InChI=1S/C17H19NO3S/c1-20-13-6-8-14(9-7-13)21-11-16(19)18-17(12-4-5-12)15-3-2-10-22-15/h2-3,6-10,12,17H,4-5,11H2,1H3,(H,18,19)/t17-/m1/s1. The van der Waals surface area contributed by atoms with Gasteiger partial charge < -0.3 is 14.8 Å². The fourth-order valence-corrected chi connectivity index (χ4v) is 3.22. The summed E-state index contributed by atoms with van der Waals surface area (Å²) in [7, 11) is 1.62. The number of amides is 1. The third-order valence-corrected chi connectivity index (χ3v) is 4.64. The van der Waals surface area contributed by atoms with Gasteiger partial charge in [-0.3, -0.25) is 4.79 Å². The Morgan fingerprint density at radius 1 is 1.27 bits per heavy atom. The van der Waals surface area contributed by atoms with Gasteiger partial charge in [-0.25, -0.2) is 0 Å². The van der Waals surface area contributed by atoms with Gasteiger partial charge in [-0.05, 0) is 54.5 Å². The van der Waals surface area contributed by atoms with Crippen LogP contribution in [0, 0.1) is 5.92 Å². The van der Waals surface area contributed by atoms with Crippen LogP contribution in [0.4, 0.5) is 0 Å². The largest absolute Gasteiger partial charge is 0.497 e. The number of methoxy groups -OCH3 is 1. The average molecular weight is 317 g/mol. The minimum atomic E-state index is -0.0823. The molecule has 1 fully saturated rings. The van der Waals surface area contributed by atoms with Crippen molar-refractivity contribution in [1.82, 2.24) is 5.32 Å². The highest BCUT2D eigenvalue weighted by Gasteiger charge is 2.33. The molecule has 0 aliphatic heterocycles. The number of thiophene rings is 1.